The van der Waals surface area contributed by atoms with Crippen molar-refractivity contribution in [3.05, 3.63) is 28.8 Å². The van der Waals surface area contributed by atoms with Crippen LogP contribution in [0.25, 0.3) is 0 Å². The number of likely N-dealkylation sites (N-methyl/N-ethyl adjacent to an activating group) is 2. The highest BCUT2D eigenvalue weighted by Gasteiger charge is 2.33. The molecule has 0 saturated carbocycles. The Hall–Kier alpha value is -1.06. The van der Waals surface area contributed by atoms with E-state index in [4.69, 9.17) is 4.74 Å². The third-order valence-corrected chi connectivity index (χ3v) is 3.79. The Morgan fingerprint density at radius 2 is 1.79 bits per heavy atom. The fourth-order valence-corrected chi connectivity index (χ4v) is 2.92. The number of aryl methyl sites for hydroxylation is 2. The molecule has 3 heteroatoms. The summed E-state index contributed by atoms with van der Waals surface area (Å²) in [5, 5.41) is 3.41. The number of nitrogens with one attached hydrogen (secondary N) is 1. The van der Waals surface area contributed by atoms with E-state index in [0.717, 1.165) is 5.75 Å². The van der Waals surface area contributed by atoms with Crippen molar-refractivity contribution in [3.63, 3.8) is 0 Å². The molecule has 3 nitrogen and oxygen atoms in total. The normalized spacial score (nSPS) is 13.7. The summed E-state index contributed by atoms with van der Waals surface area (Å²) in [4.78, 5) is 2.24. The zero-order valence-corrected chi connectivity index (χ0v) is 13.6. The van der Waals surface area contributed by atoms with Gasteiger partial charge in [-0.3, -0.25) is 0 Å². The Bertz CT molecular complexity index is 439. The smallest absolute Gasteiger partial charge is 0.126 e. The Balaban J connectivity index is 3.47. The summed E-state index contributed by atoms with van der Waals surface area (Å²) in [6.45, 7) is 8.67. The van der Waals surface area contributed by atoms with Gasteiger partial charge < -0.3 is 15.0 Å². The van der Waals surface area contributed by atoms with E-state index in [9.17, 15) is 0 Å². The summed E-state index contributed by atoms with van der Waals surface area (Å²) in [6.07, 6.45) is 0. The zero-order valence-electron chi connectivity index (χ0n) is 13.6. The first-order valence-corrected chi connectivity index (χ1v) is 6.75. The summed E-state index contributed by atoms with van der Waals surface area (Å²) in [7, 11) is 7.98. The second-order valence-electron chi connectivity index (χ2n) is 6.04. The number of ether oxygens (including phenoxy) is 1. The van der Waals surface area contributed by atoms with Crippen LogP contribution in [0.1, 0.15) is 36.6 Å². The summed E-state index contributed by atoms with van der Waals surface area (Å²) in [6, 6.07) is 4.64. The maximum Gasteiger partial charge on any atom is 0.126 e. The molecule has 0 spiro atoms. The number of nitrogens with zero attached hydrogens (tertiary/aromatic N) is 1. The van der Waals surface area contributed by atoms with Gasteiger partial charge in [-0.1, -0.05) is 17.7 Å². The van der Waals surface area contributed by atoms with Crippen molar-refractivity contribution in [1.29, 1.82) is 0 Å². The predicted molar refractivity (Wildman–Crippen MR) is 82.0 cm³/mol. The summed E-state index contributed by atoms with van der Waals surface area (Å²) >= 11 is 0. The van der Waals surface area contributed by atoms with Gasteiger partial charge in [0, 0.05) is 11.1 Å². The largest absolute Gasteiger partial charge is 0.496 e. The Morgan fingerprint density at radius 1 is 1.21 bits per heavy atom. The third-order valence-electron chi connectivity index (χ3n) is 3.79. The van der Waals surface area contributed by atoms with Gasteiger partial charge >= 0.3 is 0 Å². The molecule has 0 fully saturated rings. The highest BCUT2D eigenvalue weighted by Crippen LogP contribution is 2.38. The van der Waals surface area contributed by atoms with Crippen LogP contribution in [-0.2, 0) is 0 Å². The van der Waals surface area contributed by atoms with Gasteiger partial charge in [-0.2, -0.15) is 0 Å². The lowest BCUT2D eigenvalue weighted by Crippen LogP contribution is -2.48. The molecule has 1 aromatic rings. The molecule has 1 atom stereocenters. The van der Waals surface area contributed by atoms with Crippen LogP contribution in [0.3, 0.4) is 0 Å². The van der Waals surface area contributed by atoms with Crippen LogP contribution in [0.2, 0.25) is 0 Å². The van der Waals surface area contributed by atoms with Crippen molar-refractivity contribution < 1.29 is 4.74 Å². The minimum absolute atomic E-state index is 0.0446. The molecule has 0 radical (unpaired) electrons. The zero-order chi connectivity index (χ0) is 14.8. The van der Waals surface area contributed by atoms with Crippen molar-refractivity contribution >= 4 is 0 Å². The lowest BCUT2D eigenvalue weighted by atomic mass is 9.85. The molecule has 1 rings (SSSR count). The molecule has 1 unspecified atom stereocenters. The molecule has 0 aromatic heterocycles. The van der Waals surface area contributed by atoms with E-state index in [1.165, 1.54) is 16.7 Å². The maximum absolute atomic E-state index is 5.65. The molecule has 19 heavy (non-hydrogen) atoms. The van der Waals surface area contributed by atoms with Crippen LogP contribution >= 0.6 is 0 Å². The number of rotatable bonds is 5. The summed E-state index contributed by atoms with van der Waals surface area (Å²) in [5.41, 5.74) is 3.66. The van der Waals surface area contributed by atoms with Gasteiger partial charge in [0.1, 0.15) is 5.75 Å². The maximum atomic E-state index is 5.65. The number of methoxy groups -OCH3 is 1. The summed E-state index contributed by atoms with van der Waals surface area (Å²) < 4.78 is 5.65. The van der Waals surface area contributed by atoms with Gasteiger partial charge in [-0.25, -0.2) is 0 Å². The Morgan fingerprint density at radius 3 is 2.21 bits per heavy atom. The second-order valence-corrected chi connectivity index (χ2v) is 6.04. The van der Waals surface area contributed by atoms with Crippen molar-refractivity contribution in [3.8, 4) is 5.75 Å². The van der Waals surface area contributed by atoms with Crippen LogP contribution in [0, 0.1) is 13.8 Å². The quantitative estimate of drug-likeness (QED) is 0.885. The molecule has 1 N–H and O–H groups in total. The first-order valence-electron chi connectivity index (χ1n) is 6.75. The predicted octanol–water partition coefficient (Wildman–Crippen LogP) is 2.91. The fraction of sp³-hybridized carbons (Fsp3) is 0.625. The average Bonchev–Trinajstić information content (AvgIpc) is 2.27. The molecule has 0 heterocycles. The number of benzene rings is 1. The Labute approximate surface area is 118 Å². The number of hydrogen-bond donors (Lipinski definition) is 1. The van der Waals surface area contributed by atoms with Crippen molar-refractivity contribution in [2.75, 3.05) is 28.3 Å². The number of hydrogen-bond acceptors (Lipinski definition) is 3. The molecule has 108 valence electrons. The topological polar surface area (TPSA) is 24.5 Å². The van der Waals surface area contributed by atoms with Crippen molar-refractivity contribution in [1.82, 2.24) is 10.2 Å². The van der Waals surface area contributed by atoms with Crippen LogP contribution in [0.15, 0.2) is 12.1 Å². The lowest BCUT2D eigenvalue weighted by Gasteiger charge is -2.40. The average molecular weight is 264 g/mol. The van der Waals surface area contributed by atoms with E-state index in [2.05, 4.69) is 64.1 Å². The molecule has 0 bridgehead atoms. The first-order chi connectivity index (χ1) is 8.74. The van der Waals surface area contributed by atoms with Gasteiger partial charge in [0.2, 0.25) is 0 Å². The molecule has 0 aliphatic rings. The van der Waals surface area contributed by atoms with Gasteiger partial charge in [-0.15, -0.1) is 0 Å². The van der Waals surface area contributed by atoms with E-state index in [1.54, 1.807) is 7.11 Å². The van der Waals surface area contributed by atoms with E-state index in [0.29, 0.717) is 0 Å². The minimum Gasteiger partial charge on any atom is -0.496 e. The van der Waals surface area contributed by atoms with E-state index >= 15 is 0 Å². The van der Waals surface area contributed by atoms with Crippen LogP contribution < -0.4 is 10.1 Å². The van der Waals surface area contributed by atoms with Crippen molar-refractivity contribution in [2.45, 2.75) is 39.3 Å². The van der Waals surface area contributed by atoms with Crippen molar-refractivity contribution in [2.24, 2.45) is 0 Å². The molecular formula is C16H28N2O. The van der Waals surface area contributed by atoms with E-state index in [-0.39, 0.29) is 11.6 Å². The Kier molecular flexibility index (Phi) is 4.99. The lowest BCUT2D eigenvalue weighted by molar-refractivity contribution is 0.173. The van der Waals surface area contributed by atoms with Gasteiger partial charge in [0.25, 0.3) is 0 Å². The summed E-state index contributed by atoms with van der Waals surface area (Å²) in [5.74, 6) is 0.993. The third kappa shape index (κ3) is 3.28. The molecule has 0 aliphatic heterocycles. The SMILES string of the molecule is CNC(C)(C)C(c1cc(C)cc(C)c1OC)N(C)C. The molecule has 1 aromatic carbocycles. The molecule has 0 saturated heterocycles. The van der Waals surface area contributed by atoms with Gasteiger partial charge in [0.15, 0.2) is 0 Å². The molecule has 0 aliphatic carbocycles. The molecular weight excluding hydrogens is 236 g/mol. The highest BCUT2D eigenvalue weighted by atomic mass is 16.5. The van der Waals surface area contributed by atoms with E-state index < -0.39 is 0 Å². The van der Waals surface area contributed by atoms with Crippen LogP contribution in [-0.4, -0.2) is 38.7 Å². The first kappa shape index (κ1) is 16.0. The van der Waals surface area contributed by atoms with Crippen LogP contribution in [0.5, 0.6) is 5.75 Å². The van der Waals surface area contributed by atoms with Gasteiger partial charge in [-0.05, 0) is 54.4 Å². The van der Waals surface area contributed by atoms with Gasteiger partial charge in [0.05, 0.1) is 13.2 Å². The minimum atomic E-state index is -0.0446. The monoisotopic (exact) mass is 264 g/mol. The standard InChI is InChI=1S/C16H28N2O/c1-11-9-12(2)14(19-8)13(10-11)15(18(6)7)16(3,4)17-5/h9-10,15,17H,1-8H3. The molecule has 0 amide bonds. The highest BCUT2D eigenvalue weighted by molar-refractivity contribution is 5.46. The van der Waals surface area contributed by atoms with E-state index in [1.807, 2.05) is 7.05 Å². The second kappa shape index (κ2) is 5.93. The van der Waals surface area contributed by atoms with Crippen LogP contribution in [0.4, 0.5) is 0 Å². The fourth-order valence-electron chi connectivity index (χ4n) is 2.92.